The molecule has 0 bridgehead atoms. The predicted molar refractivity (Wildman–Crippen MR) is 59.2 cm³/mol. The van der Waals surface area contributed by atoms with E-state index in [-0.39, 0.29) is 24.9 Å². The Morgan fingerprint density at radius 2 is 1.93 bits per heavy atom. The highest BCUT2D eigenvalue weighted by Gasteiger charge is 2.30. The lowest BCUT2D eigenvalue weighted by molar-refractivity contribution is -0.142. The Bertz CT molecular complexity index is 239. The summed E-state index contributed by atoms with van der Waals surface area (Å²) in [5.74, 6) is -0.255. The van der Waals surface area contributed by atoms with Gasteiger partial charge in [0.15, 0.2) is 0 Å². The van der Waals surface area contributed by atoms with Crippen LogP contribution in [0, 0.1) is 5.41 Å². The van der Waals surface area contributed by atoms with Crippen molar-refractivity contribution >= 4 is 11.8 Å². The minimum absolute atomic E-state index is 0.0869. The zero-order chi connectivity index (χ0) is 12.1. The van der Waals surface area contributed by atoms with Gasteiger partial charge in [0.25, 0.3) is 0 Å². The van der Waals surface area contributed by atoms with E-state index in [2.05, 4.69) is 5.32 Å². The zero-order valence-corrected chi connectivity index (χ0v) is 9.96. The first kappa shape index (κ1) is 13.9. The number of hydrogen-bond donors (Lipinski definition) is 2. The summed E-state index contributed by atoms with van der Waals surface area (Å²) in [4.78, 5) is 24.6. The second kappa shape index (κ2) is 5.70. The first-order chi connectivity index (χ1) is 6.88. The molecule has 0 aromatic rings. The molecule has 0 unspecified atom stereocenters. The Morgan fingerprint density at radius 1 is 1.40 bits per heavy atom. The maximum Gasteiger partial charge on any atom is 0.239 e. The van der Waals surface area contributed by atoms with Gasteiger partial charge < -0.3 is 16.0 Å². The Hall–Kier alpha value is -1.10. The van der Waals surface area contributed by atoms with Crippen molar-refractivity contribution in [3.8, 4) is 0 Å². The predicted octanol–water partition coefficient (Wildman–Crippen LogP) is -0.434. The average Bonchev–Trinajstić information content (AvgIpc) is 2.24. The average molecular weight is 215 g/mol. The van der Waals surface area contributed by atoms with Crippen LogP contribution in [0.4, 0.5) is 0 Å². The maximum atomic E-state index is 11.9. The molecule has 0 atom stereocenters. The summed E-state index contributed by atoms with van der Waals surface area (Å²) in [5, 5.41) is 2.49. The molecule has 0 saturated carbocycles. The highest BCUT2D eigenvalue weighted by Crippen LogP contribution is 2.16. The van der Waals surface area contributed by atoms with Gasteiger partial charge in [-0.1, -0.05) is 0 Å². The molecule has 5 heteroatoms. The second-order valence-corrected chi connectivity index (χ2v) is 4.08. The number of likely N-dealkylation sites (N-methyl/N-ethyl adjacent to an activating group) is 2. The lowest BCUT2D eigenvalue weighted by Crippen LogP contribution is -2.48. The first-order valence-electron chi connectivity index (χ1n) is 5.09. The standard InChI is InChI=1S/C10H21N3O2/c1-5-13(6-8(14)12-4)9(15)10(2,3)7-11/h5-7,11H2,1-4H3,(H,12,14). The van der Waals surface area contributed by atoms with Gasteiger partial charge in [-0.3, -0.25) is 9.59 Å². The van der Waals surface area contributed by atoms with Crippen molar-refractivity contribution < 1.29 is 9.59 Å². The van der Waals surface area contributed by atoms with Crippen LogP contribution in [-0.2, 0) is 9.59 Å². The molecule has 0 heterocycles. The van der Waals surface area contributed by atoms with Crippen LogP contribution in [-0.4, -0.2) is 43.4 Å². The molecule has 0 aliphatic rings. The minimum atomic E-state index is -0.607. The molecule has 0 aliphatic heterocycles. The third-order valence-electron chi connectivity index (χ3n) is 2.37. The number of nitrogens with two attached hydrogens (primary N) is 1. The van der Waals surface area contributed by atoms with Gasteiger partial charge in [0.1, 0.15) is 0 Å². The summed E-state index contributed by atoms with van der Waals surface area (Å²) >= 11 is 0. The fraction of sp³-hybridized carbons (Fsp3) is 0.800. The number of nitrogens with zero attached hydrogens (tertiary/aromatic N) is 1. The van der Waals surface area contributed by atoms with Crippen LogP contribution in [0.2, 0.25) is 0 Å². The van der Waals surface area contributed by atoms with Crippen molar-refractivity contribution in [1.82, 2.24) is 10.2 Å². The van der Waals surface area contributed by atoms with E-state index in [0.29, 0.717) is 6.54 Å². The molecule has 0 aromatic carbocycles. The molecule has 0 aliphatic carbocycles. The number of hydrogen-bond acceptors (Lipinski definition) is 3. The number of carbonyl (C=O) groups excluding carboxylic acids is 2. The molecule has 0 saturated heterocycles. The lowest BCUT2D eigenvalue weighted by atomic mass is 9.92. The zero-order valence-electron chi connectivity index (χ0n) is 9.96. The number of carbonyl (C=O) groups is 2. The fourth-order valence-corrected chi connectivity index (χ4v) is 1.09. The van der Waals surface area contributed by atoms with E-state index in [1.807, 2.05) is 6.92 Å². The Kier molecular flexibility index (Phi) is 5.28. The van der Waals surface area contributed by atoms with E-state index in [9.17, 15) is 9.59 Å². The molecule has 3 N–H and O–H groups in total. The van der Waals surface area contributed by atoms with Gasteiger partial charge >= 0.3 is 0 Å². The van der Waals surface area contributed by atoms with Crippen LogP contribution in [0.25, 0.3) is 0 Å². The summed E-state index contributed by atoms with van der Waals surface area (Å²) < 4.78 is 0. The Balaban J connectivity index is 4.54. The molecule has 15 heavy (non-hydrogen) atoms. The normalized spacial score (nSPS) is 11.0. The van der Waals surface area contributed by atoms with Crippen molar-refractivity contribution in [1.29, 1.82) is 0 Å². The Morgan fingerprint density at radius 3 is 2.27 bits per heavy atom. The summed E-state index contributed by atoms with van der Waals surface area (Å²) in [6.45, 7) is 6.28. The van der Waals surface area contributed by atoms with Crippen LogP contribution in [0.15, 0.2) is 0 Å². The van der Waals surface area contributed by atoms with Crippen molar-refractivity contribution in [2.75, 3.05) is 26.7 Å². The van der Waals surface area contributed by atoms with Crippen LogP contribution in [0.1, 0.15) is 20.8 Å². The topological polar surface area (TPSA) is 75.4 Å². The van der Waals surface area contributed by atoms with E-state index in [1.54, 1.807) is 20.9 Å². The summed E-state index contributed by atoms with van der Waals surface area (Å²) in [5.41, 5.74) is 4.91. The van der Waals surface area contributed by atoms with E-state index < -0.39 is 5.41 Å². The third kappa shape index (κ3) is 3.87. The molecule has 0 aromatic heterocycles. The Labute approximate surface area is 91.0 Å². The highest BCUT2D eigenvalue weighted by molar-refractivity contribution is 5.87. The van der Waals surface area contributed by atoms with Gasteiger partial charge in [-0.05, 0) is 20.8 Å². The molecular weight excluding hydrogens is 194 g/mol. The van der Waals surface area contributed by atoms with Gasteiger partial charge in [0.05, 0.1) is 12.0 Å². The number of amides is 2. The van der Waals surface area contributed by atoms with E-state index in [0.717, 1.165) is 0 Å². The minimum Gasteiger partial charge on any atom is -0.358 e. The number of rotatable bonds is 5. The summed E-state index contributed by atoms with van der Waals surface area (Å²) in [6, 6.07) is 0. The monoisotopic (exact) mass is 215 g/mol. The molecule has 5 nitrogen and oxygen atoms in total. The van der Waals surface area contributed by atoms with E-state index in [4.69, 9.17) is 5.73 Å². The first-order valence-corrected chi connectivity index (χ1v) is 5.09. The largest absolute Gasteiger partial charge is 0.358 e. The molecule has 0 radical (unpaired) electrons. The van der Waals surface area contributed by atoms with Gasteiger partial charge in [0, 0.05) is 20.1 Å². The molecule has 88 valence electrons. The third-order valence-corrected chi connectivity index (χ3v) is 2.37. The smallest absolute Gasteiger partial charge is 0.239 e. The van der Waals surface area contributed by atoms with Crippen LogP contribution >= 0.6 is 0 Å². The fourth-order valence-electron chi connectivity index (χ4n) is 1.09. The van der Waals surface area contributed by atoms with Crippen molar-refractivity contribution in [2.45, 2.75) is 20.8 Å². The molecule has 0 rings (SSSR count). The maximum absolute atomic E-state index is 11.9. The molecule has 2 amide bonds. The lowest BCUT2D eigenvalue weighted by Gasteiger charge is -2.29. The van der Waals surface area contributed by atoms with Crippen LogP contribution < -0.4 is 11.1 Å². The van der Waals surface area contributed by atoms with Crippen LogP contribution in [0.5, 0.6) is 0 Å². The molecule has 0 fully saturated rings. The summed E-state index contributed by atoms with van der Waals surface area (Å²) in [7, 11) is 1.55. The highest BCUT2D eigenvalue weighted by atomic mass is 16.2. The summed E-state index contributed by atoms with van der Waals surface area (Å²) in [6.07, 6.45) is 0. The van der Waals surface area contributed by atoms with E-state index >= 15 is 0 Å². The van der Waals surface area contributed by atoms with Gasteiger partial charge in [0.2, 0.25) is 11.8 Å². The second-order valence-electron chi connectivity index (χ2n) is 4.08. The quantitative estimate of drug-likeness (QED) is 0.653. The van der Waals surface area contributed by atoms with Gasteiger partial charge in [-0.25, -0.2) is 0 Å². The van der Waals surface area contributed by atoms with Crippen molar-refractivity contribution in [3.63, 3.8) is 0 Å². The van der Waals surface area contributed by atoms with Gasteiger partial charge in [-0.2, -0.15) is 0 Å². The van der Waals surface area contributed by atoms with E-state index in [1.165, 1.54) is 4.90 Å². The van der Waals surface area contributed by atoms with Crippen molar-refractivity contribution in [2.24, 2.45) is 11.1 Å². The SMILES string of the molecule is CCN(CC(=O)NC)C(=O)C(C)(C)CN. The molecule has 0 spiro atoms. The van der Waals surface area contributed by atoms with Gasteiger partial charge in [-0.15, -0.1) is 0 Å². The van der Waals surface area contributed by atoms with Crippen molar-refractivity contribution in [3.05, 3.63) is 0 Å². The van der Waals surface area contributed by atoms with Crippen LogP contribution in [0.3, 0.4) is 0 Å². The number of nitrogens with one attached hydrogen (secondary N) is 1. The molecular formula is C10H21N3O2.